The second kappa shape index (κ2) is 7.62. The lowest BCUT2D eigenvalue weighted by atomic mass is 10.2. The van der Waals surface area contributed by atoms with Gasteiger partial charge in [0.2, 0.25) is 0 Å². The van der Waals surface area contributed by atoms with Crippen LogP contribution in [0.25, 0.3) is 10.6 Å². The van der Waals surface area contributed by atoms with E-state index in [-0.39, 0.29) is 11.4 Å². The van der Waals surface area contributed by atoms with Crippen molar-refractivity contribution in [3.05, 3.63) is 63.5 Å². The number of H-pyrrole nitrogens is 1. The van der Waals surface area contributed by atoms with E-state index in [1.165, 1.54) is 36.8 Å². The summed E-state index contributed by atoms with van der Waals surface area (Å²) >= 11 is 1.43. The van der Waals surface area contributed by atoms with Crippen LogP contribution in [0.4, 0.5) is 0 Å². The van der Waals surface area contributed by atoms with Gasteiger partial charge in [-0.3, -0.25) is 4.79 Å². The van der Waals surface area contributed by atoms with Gasteiger partial charge in [0.25, 0.3) is 5.91 Å². The smallest absolute Gasteiger partial charge is 0.346 e. The molecule has 0 aliphatic carbocycles. The third-order valence-corrected chi connectivity index (χ3v) is 4.25. The molecule has 26 heavy (non-hydrogen) atoms. The molecule has 9 heteroatoms. The van der Waals surface area contributed by atoms with Crippen molar-refractivity contribution in [2.75, 3.05) is 7.11 Å². The van der Waals surface area contributed by atoms with Gasteiger partial charge < -0.3 is 14.8 Å². The summed E-state index contributed by atoms with van der Waals surface area (Å²) in [5.74, 6) is -0.331. The zero-order chi connectivity index (χ0) is 18.5. The van der Waals surface area contributed by atoms with E-state index in [9.17, 15) is 14.7 Å². The molecule has 0 aliphatic rings. The number of hydrogen-bond donors (Lipinski definition) is 3. The SMILES string of the molecule is COc1ccc(/C=N/NC(=O)c2cc(-c3cccs3)[nH]c(=O)n2)cc1O. The first kappa shape index (κ1) is 17.4. The minimum Gasteiger partial charge on any atom is -0.504 e. The molecule has 0 saturated heterocycles. The fourth-order valence-electron chi connectivity index (χ4n) is 2.15. The average Bonchev–Trinajstić information content (AvgIpc) is 3.16. The first-order valence-corrected chi connectivity index (χ1v) is 8.30. The van der Waals surface area contributed by atoms with Crippen LogP contribution in [0.1, 0.15) is 16.1 Å². The molecule has 0 saturated carbocycles. The van der Waals surface area contributed by atoms with Crippen LogP contribution < -0.4 is 15.9 Å². The lowest BCUT2D eigenvalue weighted by molar-refractivity contribution is 0.0949. The number of ether oxygens (including phenoxy) is 1. The van der Waals surface area contributed by atoms with Crippen LogP contribution in [0.5, 0.6) is 11.5 Å². The highest BCUT2D eigenvalue weighted by molar-refractivity contribution is 7.13. The Morgan fingerprint density at radius 1 is 1.38 bits per heavy atom. The van der Waals surface area contributed by atoms with Crippen LogP contribution >= 0.6 is 11.3 Å². The van der Waals surface area contributed by atoms with Gasteiger partial charge in [-0.15, -0.1) is 11.3 Å². The predicted molar refractivity (Wildman–Crippen MR) is 97.9 cm³/mol. The number of hydrogen-bond acceptors (Lipinski definition) is 7. The maximum atomic E-state index is 12.2. The summed E-state index contributed by atoms with van der Waals surface area (Å²) in [6.45, 7) is 0. The molecule has 8 nitrogen and oxygen atoms in total. The second-order valence-electron chi connectivity index (χ2n) is 5.09. The number of methoxy groups -OCH3 is 1. The number of aromatic nitrogens is 2. The molecule has 0 fully saturated rings. The number of carbonyl (C=O) groups is 1. The van der Waals surface area contributed by atoms with Gasteiger partial charge in [-0.2, -0.15) is 10.1 Å². The molecule has 3 aromatic rings. The molecule has 2 aromatic heterocycles. The Balaban J connectivity index is 1.74. The molecule has 0 atom stereocenters. The lowest BCUT2D eigenvalue weighted by Gasteiger charge is -2.03. The maximum Gasteiger partial charge on any atom is 0.346 e. The van der Waals surface area contributed by atoms with Crippen LogP contribution in [0.3, 0.4) is 0 Å². The van der Waals surface area contributed by atoms with Crippen molar-refractivity contribution < 1.29 is 14.6 Å². The molecular formula is C17H14N4O4S. The Morgan fingerprint density at radius 3 is 2.92 bits per heavy atom. The van der Waals surface area contributed by atoms with Crippen molar-refractivity contribution in [2.24, 2.45) is 5.10 Å². The number of thiophene rings is 1. The largest absolute Gasteiger partial charge is 0.504 e. The molecule has 0 unspecified atom stereocenters. The minimum atomic E-state index is -0.622. The number of carbonyl (C=O) groups excluding carboxylic acids is 1. The van der Waals surface area contributed by atoms with Crippen molar-refractivity contribution in [2.45, 2.75) is 0 Å². The Morgan fingerprint density at radius 2 is 2.23 bits per heavy atom. The fourth-order valence-corrected chi connectivity index (χ4v) is 2.85. The molecule has 1 aromatic carbocycles. The Labute approximate surface area is 151 Å². The van der Waals surface area contributed by atoms with E-state index in [4.69, 9.17) is 4.74 Å². The fraction of sp³-hybridized carbons (Fsp3) is 0.0588. The molecule has 0 radical (unpaired) electrons. The van der Waals surface area contributed by atoms with E-state index >= 15 is 0 Å². The number of amides is 1. The molecule has 1 amide bonds. The number of benzene rings is 1. The molecule has 0 bridgehead atoms. The summed E-state index contributed by atoms with van der Waals surface area (Å²) in [6, 6.07) is 9.82. The summed E-state index contributed by atoms with van der Waals surface area (Å²) in [5, 5.41) is 15.4. The molecule has 3 N–H and O–H groups in total. The van der Waals surface area contributed by atoms with Crippen molar-refractivity contribution in [3.63, 3.8) is 0 Å². The van der Waals surface area contributed by atoms with Gasteiger partial charge in [-0.25, -0.2) is 10.2 Å². The molecule has 0 aliphatic heterocycles. The van der Waals surface area contributed by atoms with Gasteiger partial charge in [0, 0.05) is 0 Å². The topological polar surface area (TPSA) is 117 Å². The number of hydrazone groups is 1. The molecular weight excluding hydrogens is 356 g/mol. The summed E-state index contributed by atoms with van der Waals surface area (Å²) in [5.41, 5.74) is 2.70. The van der Waals surface area contributed by atoms with E-state index in [1.807, 2.05) is 17.5 Å². The van der Waals surface area contributed by atoms with Gasteiger partial charge in [0.1, 0.15) is 5.69 Å². The summed E-state index contributed by atoms with van der Waals surface area (Å²) < 4.78 is 4.95. The van der Waals surface area contributed by atoms with E-state index in [1.54, 1.807) is 12.1 Å². The Bertz CT molecular complexity index is 1010. The van der Waals surface area contributed by atoms with Crippen LogP contribution in [0, 0.1) is 0 Å². The van der Waals surface area contributed by atoms with Crippen molar-refractivity contribution >= 4 is 23.5 Å². The van der Waals surface area contributed by atoms with E-state index < -0.39 is 11.6 Å². The number of aromatic amines is 1. The third-order valence-electron chi connectivity index (χ3n) is 3.35. The van der Waals surface area contributed by atoms with Crippen molar-refractivity contribution in [1.82, 2.24) is 15.4 Å². The normalized spacial score (nSPS) is 10.8. The second-order valence-corrected chi connectivity index (χ2v) is 6.04. The lowest BCUT2D eigenvalue weighted by Crippen LogP contribution is -2.24. The van der Waals surface area contributed by atoms with E-state index in [2.05, 4.69) is 20.5 Å². The number of phenols is 1. The minimum absolute atomic E-state index is 0.0420. The van der Waals surface area contributed by atoms with Gasteiger partial charge in [-0.05, 0) is 41.3 Å². The number of rotatable bonds is 5. The number of phenolic OH excluding ortho intramolecular Hbond substituents is 1. The number of nitrogens with zero attached hydrogens (tertiary/aromatic N) is 2. The van der Waals surface area contributed by atoms with Gasteiger partial charge in [0.05, 0.1) is 23.9 Å². The molecule has 132 valence electrons. The van der Waals surface area contributed by atoms with E-state index in [0.29, 0.717) is 17.0 Å². The van der Waals surface area contributed by atoms with Crippen LogP contribution in [-0.2, 0) is 0 Å². The van der Waals surface area contributed by atoms with Gasteiger partial charge in [0.15, 0.2) is 11.5 Å². The van der Waals surface area contributed by atoms with Crippen molar-refractivity contribution in [3.8, 4) is 22.1 Å². The van der Waals surface area contributed by atoms with Crippen LogP contribution in [0.2, 0.25) is 0 Å². The highest BCUT2D eigenvalue weighted by Gasteiger charge is 2.11. The Hall–Kier alpha value is -3.46. The van der Waals surface area contributed by atoms with E-state index in [0.717, 1.165) is 4.88 Å². The summed E-state index contributed by atoms with van der Waals surface area (Å²) in [4.78, 5) is 30.9. The molecule has 3 rings (SSSR count). The number of nitrogens with one attached hydrogen (secondary N) is 2. The monoisotopic (exact) mass is 370 g/mol. The highest BCUT2D eigenvalue weighted by Crippen LogP contribution is 2.25. The first-order chi connectivity index (χ1) is 12.6. The predicted octanol–water partition coefficient (Wildman–Crippen LogP) is 1.98. The summed E-state index contributed by atoms with van der Waals surface area (Å²) in [6.07, 6.45) is 1.35. The number of aromatic hydroxyl groups is 1. The van der Waals surface area contributed by atoms with Crippen LogP contribution in [-0.4, -0.2) is 34.3 Å². The Kier molecular flexibility index (Phi) is 5.09. The maximum absolute atomic E-state index is 12.2. The molecule has 0 spiro atoms. The highest BCUT2D eigenvalue weighted by atomic mass is 32.1. The first-order valence-electron chi connectivity index (χ1n) is 7.42. The third kappa shape index (κ3) is 3.95. The molecule has 2 heterocycles. The zero-order valence-electron chi connectivity index (χ0n) is 13.6. The van der Waals surface area contributed by atoms with Gasteiger partial charge >= 0.3 is 5.69 Å². The zero-order valence-corrected chi connectivity index (χ0v) is 14.4. The quantitative estimate of drug-likeness (QED) is 0.469. The standard InChI is InChI=1S/C17H14N4O4S/c1-25-14-5-4-10(7-13(14)22)9-18-21-16(23)12-8-11(19-17(24)20-12)15-3-2-6-26-15/h2-9,22H,1H3,(H,21,23)(H,19,20,24)/b18-9+. The summed E-state index contributed by atoms with van der Waals surface area (Å²) in [7, 11) is 1.45. The average molecular weight is 370 g/mol. The van der Waals surface area contributed by atoms with Crippen molar-refractivity contribution in [1.29, 1.82) is 0 Å². The van der Waals surface area contributed by atoms with Crippen LogP contribution in [0.15, 0.2) is 51.7 Å². The van der Waals surface area contributed by atoms with Gasteiger partial charge in [-0.1, -0.05) is 6.07 Å².